The first-order valence-electron chi connectivity index (χ1n) is 12.8. The van der Waals surface area contributed by atoms with Crippen molar-refractivity contribution in [2.24, 2.45) is 17.3 Å². The summed E-state index contributed by atoms with van der Waals surface area (Å²) in [4.78, 5) is 40.3. The summed E-state index contributed by atoms with van der Waals surface area (Å²) in [5.41, 5.74) is 2.49. The zero-order valence-corrected chi connectivity index (χ0v) is 23.4. The molecule has 0 aliphatic heterocycles. The Kier molecular flexibility index (Phi) is 8.15. The van der Waals surface area contributed by atoms with Crippen molar-refractivity contribution in [2.45, 2.75) is 76.9 Å². The normalized spacial score (nSPS) is 18.2. The minimum Gasteiger partial charge on any atom is -0.462 e. The highest BCUT2D eigenvalue weighted by molar-refractivity contribution is 8.00. The van der Waals surface area contributed by atoms with Gasteiger partial charge in [0.25, 0.3) is 0 Å². The highest BCUT2D eigenvalue weighted by atomic mass is 32.2. The first-order valence-corrected chi connectivity index (χ1v) is 14.5. The van der Waals surface area contributed by atoms with Crippen molar-refractivity contribution in [3.63, 3.8) is 0 Å². The molecular formula is C28H36N2O4S2. The van der Waals surface area contributed by atoms with E-state index in [2.05, 4.69) is 31.4 Å². The van der Waals surface area contributed by atoms with Gasteiger partial charge in [0.05, 0.1) is 17.4 Å². The largest absolute Gasteiger partial charge is 0.462 e. The first-order chi connectivity index (χ1) is 17.1. The third kappa shape index (κ3) is 6.32. The fraction of sp³-hybridized carbons (Fsp3) is 0.536. The molecule has 2 aliphatic rings. The molecule has 36 heavy (non-hydrogen) atoms. The number of thiophene rings is 1. The van der Waals surface area contributed by atoms with Crippen molar-refractivity contribution in [2.75, 3.05) is 17.2 Å². The number of esters is 1. The predicted octanol–water partition coefficient (Wildman–Crippen LogP) is 6.54. The van der Waals surface area contributed by atoms with E-state index >= 15 is 0 Å². The van der Waals surface area contributed by atoms with Gasteiger partial charge in [0.2, 0.25) is 11.8 Å². The van der Waals surface area contributed by atoms with E-state index in [4.69, 9.17) is 4.74 Å². The number of carbonyl (C=O) groups is 3. The minimum absolute atomic E-state index is 0.0600. The van der Waals surface area contributed by atoms with Crippen LogP contribution in [0.25, 0.3) is 0 Å². The van der Waals surface area contributed by atoms with Crippen LogP contribution in [0.3, 0.4) is 0 Å². The van der Waals surface area contributed by atoms with E-state index in [1.54, 1.807) is 6.92 Å². The lowest BCUT2D eigenvalue weighted by molar-refractivity contribution is -0.117. The quantitative estimate of drug-likeness (QED) is 0.300. The summed E-state index contributed by atoms with van der Waals surface area (Å²) in [6.07, 6.45) is 4.66. The van der Waals surface area contributed by atoms with Gasteiger partial charge in [-0.25, -0.2) is 4.79 Å². The maximum atomic E-state index is 13.2. The second-order valence-corrected chi connectivity index (χ2v) is 13.3. The molecule has 2 aliphatic carbocycles. The van der Waals surface area contributed by atoms with E-state index in [0.29, 0.717) is 23.1 Å². The summed E-state index contributed by atoms with van der Waals surface area (Å²) in [5, 5.41) is 6.20. The van der Waals surface area contributed by atoms with E-state index in [-0.39, 0.29) is 29.1 Å². The van der Waals surface area contributed by atoms with Gasteiger partial charge in [0, 0.05) is 21.4 Å². The van der Waals surface area contributed by atoms with Crippen LogP contribution in [-0.2, 0) is 27.2 Å². The monoisotopic (exact) mass is 528 g/mol. The Bertz CT molecular complexity index is 1150. The second kappa shape index (κ2) is 11.0. The SMILES string of the molecule is CCOC(=O)c1c(NC(=O)C(C)Sc2cccc(NC(=O)C3CC3)c2)sc2c1CCC(C(C)(C)C)C2. The Morgan fingerprint density at radius 3 is 2.58 bits per heavy atom. The molecule has 0 spiro atoms. The number of hydrogen-bond acceptors (Lipinski definition) is 6. The number of benzene rings is 1. The Hall–Kier alpha value is -2.32. The van der Waals surface area contributed by atoms with Gasteiger partial charge < -0.3 is 15.4 Å². The number of amides is 2. The number of thioether (sulfide) groups is 1. The molecule has 0 radical (unpaired) electrons. The van der Waals surface area contributed by atoms with E-state index in [0.717, 1.165) is 48.3 Å². The van der Waals surface area contributed by atoms with Crippen molar-refractivity contribution in [1.29, 1.82) is 0 Å². The van der Waals surface area contributed by atoms with Crippen molar-refractivity contribution in [1.82, 2.24) is 0 Å². The van der Waals surface area contributed by atoms with Gasteiger partial charge in [-0.2, -0.15) is 0 Å². The molecule has 2 atom stereocenters. The van der Waals surface area contributed by atoms with E-state index in [1.165, 1.54) is 28.0 Å². The van der Waals surface area contributed by atoms with Crippen LogP contribution >= 0.6 is 23.1 Å². The van der Waals surface area contributed by atoms with Crippen molar-refractivity contribution in [3.05, 3.63) is 40.3 Å². The van der Waals surface area contributed by atoms with E-state index in [9.17, 15) is 14.4 Å². The van der Waals surface area contributed by atoms with Crippen LogP contribution in [0, 0.1) is 17.3 Å². The Morgan fingerprint density at radius 2 is 1.92 bits per heavy atom. The number of nitrogens with one attached hydrogen (secondary N) is 2. The molecule has 194 valence electrons. The summed E-state index contributed by atoms with van der Waals surface area (Å²) in [5.74, 6) is 0.201. The van der Waals surface area contributed by atoms with Gasteiger partial charge in [-0.05, 0) is 81.0 Å². The number of fused-ring (bicyclic) bond motifs is 1. The van der Waals surface area contributed by atoms with Crippen LogP contribution < -0.4 is 10.6 Å². The number of ether oxygens (including phenoxy) is 1. The van der Waals surface area contributed by atoms with Crippen LogP contribution in [0.5, 0.6) is 0 Å². The molecule has 0 bridgehead atoms. The second-order valence-electron chi connectivity index (χ2n) is 10.8. The third-order valence-electron chi connectivity index (χ3n) is 6.94. The van der Waals surface area contributed by atoms with Crippen molar-refractivity contribution >= 4 is 51.6 Å². The van der Waals surface area contributed by atoms with Gasteiger partial charge in [0.15, 0.2) is 0 Å². The fourth-order valence-corrected chi connectivity index (χ4v) is 6.79. The lowest BCUT2D eigenvalue weighted by Crippen LogP contribution is -2.27. The van der Waals surface area contributed by atoms with Gasteiger partial charge in [-0.3, -0.25) is 9.59 Å². The molecule has 0 saturated heterocycles. The van der Waals surface area contributed by atoms with E-state index in [1.807, 2.05) is 31.2 Å². The molecular weight excluding hydrogens is 492 g/mol. The minimum atomic E-state index is -0.393. The van der Waals surface area contributed by atoms with Gasteiger partial charge >= 0.3 is 5.97 Å². The third-order valence-corrected chi connectivity index (χ3v) is 9.20. The Balaban J connectivity index is 1.48. The van der Waals surface area contributed by atoms with Crippen LogP contribution in [0.2, 0.25) is 0 Å². The van der Waals surface area contributed by atoms with Crippen LogP contribution in [0.1, 0.15) is 74.7 Å². The molecule has 2 N–H and O–H groups in total. The van der Waals surface area contributed by atoms with Gasteiger partial charge in [0.1, 0.15) is 5.00 Å². The topological polar surface area (TPSA) is 84.5 Å². The molecule has 1 aromatic heterocycles. The number of hydrogen-bond donors (Lipinski definition) is 2. The predicted molar refractivity (Wildman–Crippen MR) is 147 cm³/mol. The lowest BCUT2D eigenvalue weighted by atomic mass is 9.72. The average molecular weight is 529 g/mol. The van der Waals surface area contributed by atoms with Crippen LogP contribution in [-0.4, -0.2) is 29.6 Å². The highest BCUT2D eigenvalue weighted by Crippen LogP contribution is 2.44. The molecule has 2 unspecified atom stereocenters. The highest BCUT2D eigenvalue weighted by Gasteiger charge is 2.35. The molecule has 1 heterocycles. The molecule has 2 aromatic rings. The molecule has 6 nitrogen and oxygen atoms in total. The Labute approximate surface area is 222 Å². The van der Waals surface area contributed by atoms with Crippen molar-refractivity contribution < 1.29 is 19.1 Å². The Morgan fingerprint density at radius 1 is 1.17 bits per heavy atom. The lowest BCUT2D eigenvalue weighted by Gasteiger charge is -2.33. The molecule has 4 rings (SSSR count). The standard InChI is InChI=1S/C28H36N2O4S2/c1-6-34-27(33)23-21-13-12-18(28(3,4)5)14-22(21)36-26(23)30-24(31)16(2)35-20-9-7-8-19(15-20)29-25(32)17-10-11-17/h7-9,15-18H,6,10-14H2,1-5H3,(H,29,32)(H,30,31). The summed E-state index contributed by atoms with van der Waals surface area (Å²) >= 11 is 2.94. The summed E-state index contributed by atoms with van der Waals surface area (Å²) in [7, 11) is 0. The zero-order chi connectivity index (χ0) is 26.0. The molecule has 2 amide bonds. The number of anilines is 2. The zero-order valence-electron chi connectivity index (χ0n) is 21.7. The summed E-state index contributed by atoms with van der Waals surface area (Å²) in [6, 6.07) is 7.58. The van der Waals surface area contributed by atoms with Crippen molar-refractivity contribution in [3.8, 4) is 0 Å². The van der Waals surface area contributed by atoms with Crippen LogP contribution in [0.4, 0.5) is 10.7 Å². The maximum Gasteiger partial charge on any atom is 0.341 e. The molecule has 1 fully saturated rings. The smallest absolute Gasteiger partial charge is 0.341 e. The maximum absolute atomic E-state index is 13.2. The summed E-state index contributed by atoms with van der Waals surface area (Å²) < 4.78 is 5.37. The van der Waals surface area contributed by atoms with Gasteiger partial charge in [-0.15, -0.1) is 23.1 Å². The molecule has 1 saturated carbocycles. The average Bonchev–Trinajstić information content (AvgIpc) is 3.60. The number of rotatable bonds is 8. The summed E-state index contributed by atoms with van der Waals surface area (Å²) in [6.45, 7) is 10.7. The van der Waals surface area contributed by atoms with Crippen LogP contribution in [0.15, 0.2) is 29.2 Å². The van der Waals surface area contributed by atoms with Gasteiger partial charge in [-0.1, -0.05) is 26.8 Å². The fourth-order valence-electron chi connectivity index (χ4n) is 4.54. The number of carbonyl (C=O) groups excluding carboxylic acids is 3. The van der Waals surface area contributed by atoms with E-state index < -0.39 is 5.25 Å². The molecule has 1 aromatic carbocycles. The molecule has 8 heteroatoms. The first kappa shape index (κ1) is 26.7.